The molecule has 1 aromatic carbocycles. The first-order chi connectivity index (χ1) is 12.0. The molecular formula is C18H19N5O2. The Balaban J connectivity index is 2.06. The number of nitrogens with one attached hydrogen (secondary N) is 3. The molecule has 1 aliphatic heterocycles. The molecular weight excluding hydrogens is 318 g/mol. The normalized spacial score (nSPS) is 18.8. The summed E-state index contributed by atoms with van der Waals surface area (Å²) >= 11 is 0. The van der Waals surface area contributed by atoms with Crippen molar-refractivity contribution in [2.24, 2.45) is 5.92 Å². The Morgan fingerprint density at radius 3 is 2.76 bits per heavy atom. The number of aromatic nitrogens is 2. The molecule has 0 spiro atoms. The van der Waals surface area contributed by atoms with Crippen LogP contribution in [0.1, 0.15) is 43.0 Å². The SMILES string of the molecule is CCCc1[nH]nc2c1C(c1ccc(NC(C)=O)cc1)C(C#N)C(=N)O2. The van der Waals surface area contributed by atoms with Gasteiger partial charge in [0.1, 0.15) is 5.92 Å². The maximum absolute atomic E-state index is 11.2. The van der Waals surface area contributed by atoms with Crippen LogP contribution in [0.15, 0.2) is 24.3 Å². The van der Waals surface area contributed by atoms with Crippen molar-refractivity contribution in [1.82, 2.24) is 10.2 Å². The van der Waals surface area contributed by atoms with Gasteiger partial charge < -0.3 is 10.1 Å². The number of rotatable bonds is 4. The van der Waals surface area contributed by atoms with E-state index in [-0.39, 0.29) is 17.7 Å². The van der Waals surface area contributed by atoms with E-state index in [1.807, 2.05) is 12.1 Å². The van der Waals surface area contributed by atoms with Crippen LogP contribution in [0.2, 0.25) is 0 Å². The van der Waals surface area contributed by atoms with E-state index in [2.05, 4.69) is 28.5 Å². The van der Waals surface area contributed by atoms with Crippen molar-refractivity contribution in [2.45, 2.75) is 32.6 Å². The number of carbonyl (C=O) groups excluding carboxylic acids is 1. The number of fused-ring (bicyclic) bond motifs is 1. The number of nitrogens with zero attached hydrogens (tertiary/aromatic N) is 2. The van der Waals surface area contributed by atoms with Crippen molar-refractivity contribution in [3.63, 3.8) is 0 Å². The number of hydrogen-bond donors (Lipinski definition) is 3. The minimum Gasteiger partial charge on any atom is -0.422 e. The average Bonchev–Trinajstić information content (AvgIpc) is 2.96. The lowest BCUT2D eigenvalue weighted by molar-refractivity contribution is -0.114. The van der Waals surface area contributed by atoms with E-state index in [9.17, 15) is 10.1 Å². The molecule has 0 fully saturated rings. The van der Waals surface area contributed by atoms with Crippen molar-refractivity contribution >= 4 is 17.5 Å². The summed E-state index contributed by atoms with van der Waals surface area (Å²) in [5, 5.41) is 27.5. The lowest BCUT2D eigenvalue weighted by Crippen LogP contribution is -2.31. The molecule has 25 heavy (non-hydrogen) atoms. The molecule has 1 aliphatic rings. The number of H-pyrrole nitrogens is 1. The summed E-state index contributed by atoms with van der Waals surface area (Å²) in [5.74, 6) is -0.908. The summed E-state index contributed by atoms with van der Waals surface area (Å²) in [6, 6.07) is 9.51. The van der Waals surface area contributed by atoms with Crippen molar-refractivity contribution in [3.05, 3.63) is 41.1 Å². The van der Waals surface area contributed by atoms with Crippen molar-refractivity contribution in [3.8, 4) is 11.9 Å². The molecule has 2 heterocycles. The Hall–Kier alpha value is -3.14. The molecule has 0 saturated heterocycles. The van der Waals surface area contributed by atoms with E-state index in [0.717, 1.165) is 29.7 Å². The lowest BCUT2D eigenvalue weighted by atomic mass is 9.79. The summed E-state index contributed by atoms with van der Waals surface area (Å²) < 4.78 is 5.45. The van der Waals surface area contributed by atoms with Gasteiger partial charge in [0.25, 0.3) is 0 Å². The van der Waals surface area contributed by atoms with Crippen LogP contribution >= 0.6 is 0 Å². The quantitative estimate of drug-likeness (QED) is 0.795. The molecule has 2 atom stereocenters. The highest BCUT2D eigenvalue weighted by Gasteiger charge is 2.40. The second kappa shape index (κ2) is 6.77. The Labute approximate surface area is 145 Å². The highest BCUT2D eigenvalue weighted by Crippen LogP contribution is 2.43. The molecule has 0 radical (unpaired) electrons. The summed E-state index contributed by atoms with van der Waals surface area (Å²) in [4.78, 5) is 11.2. The van der Waals surface area contributed by atoms with E-state index >= 15 is 0 Å². The number of aromatic amines is 1. The zero-order chi connectivity index (χ0) is 18.0. The summed E-state index contributed by atoms with van der Waals surface area (Å²) in [5.41, 5.74) is 3.35. The van der Waals surface area contributed by atoms with Crippen LogP contribution in [-0.4, -0.2) is 22.0 Å². The molecule has 0 saturated carbocycles. The van der Waals surface area contributed by atoms with Crippen LogP contribution in [0.25, 0.3) is 0 Å². The van der Waals surface area contributed by atoms with Crippen LogP contribution in [0, 0.1) is 22.7 Å². The van der Waals surface area contributed by atoms with Gasteiger partial charge >= 0.3 is 0 Å². The minimum atomic E-state index is -0.715. The molecule has 2 unspecified atom stereocenters. The van der Waals surface area contributed by atoms with E-state index in [4.69, 9.17) is 10.1 Å². The average molecular weight is 337 g/mol. The second-order valence-electron chi connectivity index (χ2n) is 6.02. The molecule has 1 amide bonds. The van der Waals surface area contributed by atoms with Gasteiger partial charge in [0.2, 0.25) is 17.7 Å². The van der Waals surface area contributed by atoms with E-state index in [0.29, 0.717) is 11.6 Å². The molecule has 3 N–H and O–H groups in total. The topological polar surface area (TPSA) is 115 Å². The second-order valence-corrected chi connectivity index (χ2v) is 6.02. The standard InChI is InChI=1S/C18H19N5O2/c1-3-4-14-16-15(11-5-7-12(8-6-11)21-10(2)24)13(9-19)17(20)25-18(16)23-22-14/h5-8,13,15,20H,3-4H2,1-2H3,(H,21,24)(H,22,23). The molecule has 3 rings (SSSR count). The van der Waals surface area contributed by atoms with Crippen LogP contribution in [0.3, 0.4) is 0 Å². The van der Waals surface area contributed by atoms with E-state index in [1.165, 1.54) is 6.92 Å². The fourth-order valence-corrected chi connectivity index (χ4v) is 3.16. The third-order valence-electron chi connectivity index (χ3n) is 4.21. The van der Waals surface area contributed by atoms with Crippen LogP contribution in [0.4, 0.5) is 5.69 Å². The van der Waals surface area contributed by atoms with Gasteiger partial charge in [-0.05, 0) is 24.1 Å². The highest BCUT2D eigenvalue weighted by molar-refractivity contribution is 5.88. The van der Waals surface area contributed by atoms with Crippen molar-refractivity contribution < 1.29 is 9.53 Å². The number of anilines is 1. The van der Waals surface area contributed by atoms with Gasteiger partial charge in [0.15, 0.2) is 0 Å². The van der Waals surface area contributed by atoms with Crippen molar-refractivity contribution in [1.29, 1.82) is 10.7 Å². The van der Waals surface area contributed by atoms with Gasteiger partial charge in [0.05, 0.1) is 6.07 Å². The third kappa shape index (κ3) is 3.11. The summed E-state index contributed by atoms with van der Waals surface area (Å²) in [7, 11) is 0. The zero-order valence-corrected chi connectivity index (χ0v) is 14.1. The van der Waals surface area contributed by atoms with Gasteiger partial charge in [-0.3, -0.25) is 15.3 Å². The minimum absolute atomic E-state index is 0.0968. The Morgan fingerprint density at radius 1 is 1.44 bits per heavy atom. The number of carbonyl (C=O) groups is 1. The largest absolute Gasteiger partial charge is 0.422 e. The molecule has 0 bridgehead atoms. The summed E-state index contributed by atoms with van der Waals surface area (Å²) in [6.45, 7) is 3.52. The fourth-order valence-electron chi connectivity index (χ4n) is 3.16. The first-order valence-corrected chi connectivity index (χ1v) is 8.15. The van der Waals surface area contributed by atoms with Crippen LogP contribution in [0.5, 0.6) is 5.88 Å². The first-order valence-electron chi connectivity index (χ1n) is 8.15. The third-order valence-corrected chi connectivity index (χ3v) is 4.21. The molecule has 7 heteroatoms. The molecule has 0 aliphatic carbocycles. The number of aryl methyl sites for hydroxylation is 1. The number of hydrogen-bond acceptors (Lipinski definition) is 5. The number of nitriles is 1. The van der Waals surface area contributed by atoms with E-state index < -0.39 is 5.92 Å². The Bertz CT molecular complexity index is 847. The van der Waals surface area contributed by atoms with Gasteiger partial charge in [-0.15, -0.1) is 5.10 Å². The lowest BCUT2D eigenvalue weighted by Gasteiger charge is -2.28. The smallest absolute Gasteiger partial charge is 0.243 e. The number of ether oxygens (including phenoxy) is 1. The number of benzene rings is 1. The zero-order valence-electron chi connectivity index (χ0n) is 14.1. The number of amides is 1. The Morgan fingerprint density at radius 2 is 2.16 bits per heavy atom. The summed E-state index contributed by atoms with van der Waals surface area (Å²) in [6.07, 6.45) is 1.72. The van der Waals surface area contributed by atoms with Gasteiger partial charge in [-0.2, -0.15) is 5.26 Å². The Kier molecular flexibility index (Phi) is 4.52. The monoisotopic (exact) mass is 337 g/mol. The molecule has 1 aromatic heterocycles. The molecule has 7 nitrogen and oxygen atoms in total. The predicted octanol–water partition coefficient (Wildman–Crippen LogP) is 2.96. The van der Waals surface area contributed by atoms with Crippen LogP contribution in [-0.2, 0) is 11.2 Å². The van der Waals surface area contributed by atoms with Gasteiger partial charge in [-0.25, -0.2) is 0 Å². The van der Waals surface area contributed by atoms with Crippen molar-refractivity contribution in [2.75, 3.05) is 5.32 Å². The van der Waals surface area contributed by atoms with Crippen LogP contribution < -0.4 is 10.1 Å². The molecule has 128 valence electrons. The first kappa shape index (κ1) is 16.7. The maximum atomic E-state index is 11.2. The highest BCUT2D eigenvalue weighted by atomic mass is 16.5. The fraction of sp³-hybridized carbons (Fsp3) is 0.333. The van der Waals surface area contributed by atoms with Gasteiger partial charge in [-0.1, -0.05) is 25.5 Å². The molecule has 2 aromatic rings. The maximum Gasteiger partial charge on any atom is 0.243 e. The van der Waals surface area contributed by atoms with Gasteiger partial charge in [0, 0.05) is 29.8 Å². The van der Waals surface area contributed by atoms with E-state index in [1.54, 1.807) is 12.1 Å². The predicted molar refractivity (Wildman–Crippen MR) is 92.6 cm³/mol.